The van der Waals surface area contributed by atoms with E-state index >= 15 is 0 Å². The van der Waals surface area contributed by atoms with Crippen molar-refractivity contribution in [3.05, 3.63) is 12.2 Å². The molecule has 33 heavy (non-hydrogen) atoms. The van der Waals surface area contributed by atoms with Gasteiger partial charge in [-0.05, 0) is 73.5 Å². The van der Waals surface area contributed by atoms with Crippen molar-refractivity contribution in [2.24, 2.45) is 46.3 Å². The quantitative estimate of drug-likeness (QED) is 0.459. The zero-order chi connectivity index (χ0) is 24.2. The monoisotopic (exact) mass is 460 g/mol. The SMILES string of the molecule is CC(=O)OCC(C)/C=C/[C@@H](C)[C@H]1CC[C@H]2[C@@H]3CC(=O)[C@@]4(O)C[C@@H](O)CC[C@]4(C)[C@H]3CC[C@]12C. The van der Waals surface area contributed by atoms with E-state index in [0.717, 1.165) is 25.7 Å². The number of allylic oxidation sites excluding steroid dienone is 1. The lowest BCUT2D eigenvalue weighted by molar-refractivity contribution is -0.213. The van der Waals surface area contributed by atoms with Crippen LogP contribution >= 0.6 is 0 Å². The van der Waals surface area contributed by atoms with Gasteiger partial charge in [-0.3, -0.25) is 9.59 Å². The van der Waals surface area contributed by atoms with Crippen molar-refractivity contribution in [3.8, 4) is 0 Å². The summed E-state index contributed by atoms with van der Waals surface area (Å²) in [5.74, 6) is 2.19. The van der Waals surface area contributed by atoms with Gasteiger partial charge in [0.1, 0.15) is 5.60 Å². The average molecular weight is 461 g/mol. The Morgan fingerprint density at radius 1 is 1.12 bits per heavy atom. The fraction of sp³-hybridized carbons (Fsp3) is 0.857. The van der Waals surface area contributed by atoms with E-state index in [2.05, 4.69) is 39.8 Å². The van der Waals surface area contributed by atoms with Crippen LogP contribution in [0.2, 0.25) is 0 Å². The first-order valence-corrected chi connectivity index (χ1v) is 13.2. The first-order chi connectivity index (χ1) is 15.4. The number of rotatable bonds is 5. The van der Waals surface area contributed by atoms with E-state index in [1.54, 1.807) is 0 Å². The molecule has 2 N–H and O–H groups in total. The van der Waals surface area contributed by atoms with Gasteiger partial charge in [0.2, 0.25) is 0 Å². The molecular formula is C28H44O5. The van der Waals surface area contributed by atoms with Crippen molar-refractivity contribution < 1.29 is 24.5 Å². The molecule has 0 aromatic heterocycles. The third kappa shape index (κ3) is 4.01. The van der Waals surface area contributed by atoms with Crippen LogP contribution < -0.4 is 0 Å². The second-order valence-electron chi connectivity index (χ2n) is 12.4. The van der Waals surface area contributed by atoms with Crippen molar-refractivity contribution in [3.63, 3.8) is 0 Å². The molecule has 0 bridgehead atoms. The van der Waals surface area contributed by atoms with E-state index in [1.807, 2.05) is 0 Å². The van der Waals surface area contributed by atoms with Gasteiger partial charge in [0.15, 0.2) is 5.78 Å². The van der Waals surface area contributed by atoms with Crippen LogP contribution in [0.15, 0.2) is 12.2 Å². The van der Waals surface area contributed by atoms with Gasteiger partial charge in [-0.25, -0.2) is 0 Å². The summed E-state index contributed by atoms with van der Waals surface area (Å²) >= 11 is 0. The van der Waals surface area contributed by atoms with E-state index in [-0.39, 0.29) is 29.5 Å². The van der Waals surface area contributed by atoms with Crippen molar-refractivity contribution in [2.45, 2.75) is 97.7 Å². The van der Waals surface area contributed by atoms with Gasteiger partial charge < -0.3 is 14.9 Å². The Balaban J connectivity index is 1.51. The minimum Gasteiger partial charge on any atom is -0.465 e. The molecule has 0 saturated heterocycles. The Labute approximate surface area is 199 Å². The second-order valence-corrected chi connectivity index (χ2v) is 12.4. The van der Waals surface area contributed by atoms with Crippen LogP contribution in [-0.2, 0) is 14.3 Å². The number of esters is 1. The molecule has 1 unspecified atom stereocenters. The van der Waals surface area contributed by atoms with E-state index in [0.29, 0.717) is 49.0 Å². The number of Topliss-reactive ketones (excluding diaryl/α,β-unsaturated/α-hetero) is 1. The van der Waals surface area contributed by atoms with Gasteiger partial charge in [-0.15, -0.1) is 0 Å². The lowest BCUT2D eigenvalue weighted by atomic mass is 9.42. The van der Waals surface area contributed by atoms with Crippen LogP contribution in [-0.4, -0.2) is 40.3 Å². The molecule has 0 aliphatic heterocycles. The van der Waals surface area contributed by atoms with Crippen molar-refractivity contribution in [1.82, 2.24) is 0 Å². The number of aliphatic hydroxyl groups is 2. The summed E-state index contributed by atoms with van der Waals surface area (Å²) in [5, 5.41) is 21.8. The Hall–Kier alpha value is -1.20. The standard InChI is InChI=1S/C28H44O5/c1-17(16-33-19(3)29)6-7-18(2)22-8-9-23-21-14-25(31)28(32)15-20(30)10-13-27(28,5)24(21)11-12-26(22,23)4/h6-7,17-18,20-24,30,32H,8-16H2,1-5H3/b7-6+/t17?,18-,20+,21+,22-,23+,24+,26-,27-,28+/m1/s1. The number of carbonyl (C=O) groups excluding carboxylic acids is 2. The van der Waals surface area contributed by atoms with E-state index < -0.39 is 17.1 Å². The first kappa shape index (κ1) is 24.9. The molecule has 4 saturated carbocycles. The summed E-state index contributed by atoms with van der Waals surface area (Å²) in [6.07, 6.45) is 10.6. The third-order valence-corrected chi connectivity index (χ3v) is 10.6. The molecule has 10 atom stereocenters. The summed E-state index contributed by atoms with van der Waals surface area (Å²) in [4.78, 5) is 24.4. The van der Waals surface area contributed by atoms with E-state index in [1.165, 1.54) is 13.3 Å². The summed E-state index contributed by atoms with van der Waals surface area (Å²) in [6.45, 7) is 10.9. The first-order valence-electron chi connectivity index (χ1n) is 13.2. The molecule has 0 aromatic rings. The van der Waals surface area contributed by atoms with Gasteiger partial charge in [0.05, 0.1) is 12.7 Å². The molecule has 0 heterocycles. The van der Waals surface area contributed by atoms with Gasteiger partial charge in [0, 0.05) is 31.1 Å². The minimum atomic E-state index is -1.36. The molecule has 4 fully saturated rings. The van der Waals surface area contributed by atoms with Crippen LogP contribution in [0.3, 0.4) is 0 Å². The number of hydrogen-bond donors (Lipinski definition) is 2. The minimum absolute atomic E-state index is 0.0232. The Morgan fingerprint density at radius 3 is 2.55 bits per heavy atom. The molecule has 5 nitrogen and oxygen atoms in total. The molecule has 0 radical (unpaired) electrons. The summed E-state index contributed by atoms with van der Waals surface area (Å²) in [7, 11) is 0. The molecule has 4 aliphatic carbocycles. The lowest BCUT2D eigenvalue weighted by Gasteiger charge is -2.63. The number of hydrogen-bond acceptors (Lipinski definition) is 5. The summed E-state index contributed by atoms with van der Waals surface area (Å²) in [5.41, 5.74) is -1.56. The third-order valence-electron chi connectivity index (χ3n) is 10.6. The Morgan fingerprint density at radius 2 is 1.85 bits per heavy atom. The predicted molar refractivity (Wildman–Crippen MR) is 127 cm³/mol. The second kappa shape index (κ2) is 8.78. The molecule has 5 heteroatoms. The van der Waals surface area contributed by atoms with Gasteiger partial charge in [-0.2, -0.15) is 0 Å². The van der Waals surface area contributed by atoms with E-state index in [9.17, 15) is 19.8 Å². The van der Waals surface area contributed by atoms with Crippen molar-refractivity contribution >= 4 is 11.8 Å². The zero-order valence-corrected chi connectivity index (χ0v) is 21.2. The molecule has 186 valence electrons. The normalized spacial score (nSPS) is 46.9. The number of ether oxygens (including phenoxy) is 1. The topological polar surface area (TPSA) is 83.8 Å². The number of aliphatic hydroxyl groups excluding tert-OH is 1. The Kier molecular flexibility index (Phi) is 6.63. The molecule has 0 spiro atoms. The number of fused-ring (bicyclic) bond motifs is 5. The van der Waals surface area contributed by atoms with Crippen LogP contribution in [0.4, 0.5) is 0 Å². The predicted octanol–water partition coefficient (Wildman–Crippen LogP) is 4.69. The summed E-state index contributed by atoms with van der Waals surface area (Å²) in [6, 6.07) is 0. The zero-order valence-electron chi connectivity index (χ0n) is 21.2. The van der Waals surface area contributed by atoms with Crippen LogP contribution in [0.25, 0.3) is 0 Å². The van der Waals surface area contributed by atoms with Crippen LogP contribution in [0.1, 0.15) is 86.0 Å². The van der Waals surface area contributed by atoms with Crippen molar-refractivity contribution in [1.29, 1.82) is 0 Å². The largest absolute Gasteiger partial charge is 0.465 e. The number of carbonyl (C=O) groups is 2. The van der Waals surface area contributed by atoms with Gasteiger partial charge >= 0.3 is 5.97 Å². The molecule has 4 aliphatic rings. The van der Waals surface area contributed by atoms with E-state index in [4.69, 9.17) is 4.74 Å². The molecule has 4 rings (SSSR count). The highest BCUT2D eigenvalue weighted by atomic mass is 16.5. The van der Waals surface area contributed by atoms with Gasteiger partial charge in [0.25, 0.3) is 0 Å². The highest BCUT2D eigenvalue weighted by Crippen LogP contribution is 2.68. The highest BCUT2D eigenvalue weighted by molar-refractivity contribution is 5.89. The number of ketones is 1. The van der Waals surface area contributed by atoms with Crippen LogP contribution in [0.5, 0.6) is 0 Å². The Bertz CT molecular complexity index is 806. The molecular weight excluding hydrogens is 416 g/mol. The maximum atomic E-state index is 13.3. The average Bonchev–Trinajstić information content (AvgIpc) is 3.10. The fourth-order valence-electron chi connectivity index (χ4n) is 8.73. The smallest absolute Gasteiger partial charge is 0.302 e. The fourth-order valence-corrected chi connectivity index (χ4v) is 8.73. The van der Waals surface area contributed by atoms with Crippen LogP contribution in [0, 0.1) is 46.3 Å². The van der Waals surface area contributed by atoms with Gasteiger partial charge in [-0.1, -0.05) is 39.8 Å². The summed E-state index contributed by atoms with van der Waals surface area (Å²) < 4.78 is 5.15. The maximum Gasteiger partial charge on any atom is 0.302 e. The molecule has 0 amide bonds. The highest BCUT2D eigenvalue weighted by Gasteiger charge is 2.67. The van der Waals surface area contributed by atoms with Crippen molar-refractivity contribution in [2.75, 3.05) is 6.61 Å². The molecule has 0 aromatic carbocycles. The lowest BCUT2D eigenvalue weighted by Crippen LogP contribution is -2.67. The maximum absolute atomic E-state index is 13.3.